The van der Waals surface area contributed by atoms with Crippen LogP contribution < -0.4 is 0 Å². The standard InChI is InChI=1S/C26H40O7/c1-15(4-7-23(30)31)18-5-6-19-24-20(12-22(33-14-28)26(18,19)3)25(2)9-8-17(29)10-16(25)11-21(24)32-13-27/h13-22,24,29H,4-12H2,1-3H3,(H,30,31)/t15-,16+,17-,18-,19+,20-,21-,22+,24+,25+,26-/m1/s1. The van der Waals surface area contributed by atoms with Crippen molar-refractivity contribution >= 4 is 18.9 Å². The summed E-state index contributed by atoms with van der Waals surface area (Å²) in [6.07, 6.45) is 5.92. The van der Waals surface area contributed by atoms with Crippen molar-refractivity contribution in [1.29, 1.82) is 0 Å². The number of fused-ring (bicyclic) bond motifs is 5. The van der Waals surface area contributed by atoms with E-state index in [1.54, 1.807) is 0 Å². The third-order valence-corrected chi connectivity index (χ3v) is 10.7. The summed E-state index contributed by atoms with van der Waals surface area (Å²) >= 11 is 0. The third-order valence-electron chi connectivity index (χ3n) is 10.7. The van der Waals surface area contributed by atoms with Crippen LogP contribution in [0.2, 0.25) is 0 Å². The molecule has 0 saturated heterocycles. The topological polar surface area (TPSA) is 110 Å². The molecule has 0 aromatic heterocycles. The van der Waals surface area contributed by atoms with Crippen LogP contribution in [0.25, 0.3) is 0 Å². The molecule has 4 saturated carbocycles. The lowest BCUT2D eigenvalue weighted by Crippen LogP contribution is -2.63. The highest BCUT2D eigenvalue weighted by atomic mass is 16.5. The zero-order chi connectivity index (χ0) is 24.0. The van der Waals surface area contributed by atoms with Crippen LogP contribution in [0.5, 0.6) is 0 Å². The van der Waals surface area contributed by atoms with Gasteiger partial charge in [-0.1, -0.05) is 20.8 Å². The Bertz CT molecular complexity index is 755. The maximum absolute atomic E-state index is 11.6. The summed E-state index contributed by atoms with van der Waals surface area (Å²) in [5.74, 6) is 0.644. The van der Waals surface area contributed by atoms with Gasteiger partial charge in [0.15, 0.2) is 0 Å². The molecule has 4 rings (SSSR count). The lowest BCUT2D eigenvalue weighted by molar-refractivity contribution is -0.217. The van der Waals surface area contributed by atoms with E-state index in [1.165, 1.54) is 0 Å². The monoisotopic (exact) mass is 464 g/mol. The molecule has 11 atom stereocenters. The Morgan fingerprint density at radius 1 is 1.06 bits per heavy atom. The average molecular weight is 465 g/mol. The van der Waals surface area contributed by atoms with E-state index in [0.29, 0.717) is 19.4 Å². The number of carbonyl (C=O) groups excluding carboxylic acids is 2. The van der Waals surface area contributed by atoms with Crippen LogP contribution in [-0.4, -0.2) is 47.4 Å². The number of hydrogen-bond acceptors (Lipinski definition) is 6. The first kappa shape index (κ1) is 24.5. The Balaban J connectivity index is 1.70. The predicted octanol–water partition coefficient (Wildman–Crippen LogP) is 3.81. The Morgan fingerprint density at radius 2 is 1.79 bits per heavy atom. The molecule has 0 bridgehead atoms. The Kier molecular flexibility index (Phi) is 6.83. The van der Waals surface area contributed by atoms with Crippen LogP contribution in [0, 0.1) is 46.3 Å². The molecule has 0 radical (unpaired) electrons. The maximum atomic E-state index is 11.6. The highest BCUT2D eigenvalue weighted by Crippen LogP contribution is 2.69. The third kappa shape index (κ3) is 3.98. The van der Waals surface area contributed by atoms with Crippen LogP contribution >= 0.6 is 0 Å². The Labute approximate surface area is 196 Å². The number of aliphatic carboxylic acids is 1. The molecule has 4 aliphatic rings. The molecule has 7 nitrogen and oxygen atoms in total. The lowest BCUT2D eigenvalue weighted by Gasteiger charge is -2.64. The fourth-order valence-corrected chi connectivity index (χ4v) is 9.12. The summed E-state index contributed by atoms with van der Waals surface area (Å²) < 4.78 is 11.6. The van der Waals surface area contributed by atoms with Gasteiger partial charge in [-0.15, -0.1) is 0 Å². The molecule has 0 heterocycles. The van der Waals surface area contributed by atoms with Crippen molar-refractivity contribution in [2.45, 2.75) is 96.9 Å². The molecule has 0 spiro atoms. The van der Waals surface area contributed by atoms with Gasteiger partial charge >= 0.3 is 5.97 Å². The van der Waals surface area contributed by atoms with Crippen molar-refractivity contribution in [3.63, 3.8) is 0 Å². The van der Waals surface area contributed by atoms with E-state index in [-0.39, 0.29) is 71.1 Å². The van der Waals surface area contributed by atoms with Crippen LogP contribution in [0.3, 0.4) is 0 Å². The van der Waals surface area contributed by atoms with Crippen LogP contribution in [0.15, 0.2) is 0 Å². The lowest BCUT2D eigenvalue weighted by atomic mass is 9.43. The molecule has 4 aliphatic carbocycles. The fourth-order valence-electron chi connectivity index (χ4n) is 9.12. The minimum Gasteiger partial charge on any atom is -0.481 e. The molecule has 2 N–H and O–H groups in total. The van der Waals surface area contributed by atoms with Crippen molar-refractivity contribution in [1.82, 2.24) is 0 Å². The van der Waals surface area contributed by atoms with Crippen LogP contribution in [-0.2, 0) is 23.9 Å². The quantitative estimate of drug-likeness (QED) is 0.526. The molecule has 186 valence electrons. The minimum atomic E-state index is -0.781. The normalized spacial score (nSPS) is 47.4. The largest absolute Gasteiger partial charge is 0.481 e. The van der Waals surface area contributed by atoms with Gasteiger partial charge < -0.3 is 19.7 Å². The molecule has 0 aliphatic heterocycles. The van der Waals surface area contributed by atoms with Gasteiger partial charge in [0.25, 0.3) is 12.9 Å². The number of hydrogen-bond donors (Lipinski definition) is 2. The first-order valence-corrected chi connectivity index (χ1v) is 12.7. The first-order chi connectivity index (χ1) is 15.7. The van der Waals surface area contributed by atoms with Crippen molar-refractivity contribution in [3.8, 4) is 0 Å². The Morgan fingerprint density at radius 3 is 2.45 bits per heavy atom. The molecule has 0 aromatic rings. The summed E-state index contributed by atoms with van der Waals surface area (Å²) in [5.41, 5.74) is -0.257. The first-order valence-electron chi connectivity index (χ1n) is 12.7. The number of carbonyl (C=O) groups is 3. The second-order valence-electron chi connectivity index (χ2n) is 11.8. The highest BCUT2D eigenvalue weighted by Gasteiger charge is 2.67. The number of aliphatic hydroxyl groups excluding tert-OH is 1. The van der Waals surface area contributed by atoms with Crippen LogP contribution in [0.1, 0.15) is 78.6 Å². The van der Waals surface area contributed by atoms with E-state index in [2.05, 4.69) is 20.8 Å². The van der Waals surface area contributed by atoms with Gasteiger partial charge in [0.05, 0.1) is 6.10 Å². The summed E-state index contributed by atoms with van der Waals surface area (Å²) in [4.78, 5) is 34.3. The number of carboxylic acid groups (broad SMARTS) is 1. The summed E-state index contributed by atoms with van der Waals surface area (Å²) in [5, 5.41) is 19.6. The molecule has 0 unspecified atom stereocenters. The van der Waals surface area contributed by atoms with E-state index in [0.717, 1.165) is 44.9 Å². The molecule has 33 heavy (non-hydrogen) atoms. The van der Waals surface area contributed by atoms with Gasteiger partial charge in [0.1, 0.15) is 12.2 Å². The SMILES string of the molecule is C[C@H](CCC(=O)O)[C@H]1CC[C@H]2[C@H]3[C@@H](C[C@H](OC=O)[C@]12C)[C@@]1(C)CC[C@@H](O)C[C@H]1C[C@H]3OC=O. The summed E-state index contributed by atoms with van der Waals surface area (Å²) in [6.45, 7) is 7.86. The van der Waals surface area contributed by atoms with E-state index < -0.39 is 5.97 Å². The van der Waals surface area contributed by atoms with E-state index >= 15 is 0 Å². The minimum absolute atomic E-state index is 0.0193. The highest BCUT2D eigenvalue weighted by molar-refractivity contribution is 5.66. The Hall–Kier alpha value is -1.63. The van der Waals surface area contributed by atoms with Crippen molar-refractivity contribution < 1.29 is 34.1 Å². The van der Waals surface area contributed by atoms with Gasteiger partial charge in [-0.25, -0.2) is 0 Å². The number of rotatable bonds is 8. The number of carboxylic acids is 1. The number of ether oxygens (including phenoxy) is 2. The predicted molar refractivity (Wildman–Crippen MR) is 120 cm³/mol. The van der Waals surface area contributed by atoms with Crippen molar-refractivity contribution in [2.24, 2.45) is 46.3 Å². The van der Waals surface area contributed by atoms with Gasteiger partial charge in [0, 0.05) is 17.8 Å². The molecule has 0 aromatic carbocycles. The van der Waals surface area contributed by atoms with Gasteiger partial charge in [-0.3, -0.25) is 14.4 Å². The molecular formula is C26H40O7. The second-order valence-corrected chi connectivity index (χ2v) is 11.8. The molecule has 7 heteroatoms. The molecular weight excluding hydrogens is 424 g/mol. The summed E-state index contributed by atoms with van der Waals surface area (Å²) in [7, 11) is 0. The smallest absolute Gasteiger partial charge is 0.303 e. The fraction of sp³-hybridized carbons (Fsp3) is 0.885. The summed E-state index contributed by atoms with van der Waals surface area (Å²) in [6, 6.07) is 0. The van der Waals surface area contributed by atoms with Crippen LogP contribution in [0.4, 0.5) is 0 Å². The second kappa shape index (κ2) is 9.20. The maximum Gasteiger partial charge on any atom is 0.303 e. The molecule has 4 fully saturated rings. The van der Waals surface area contributed by atoms with E-state index in [4.69, 9.17) is 9.47 Å². The van der Waals surface area contributed by atoms with Crippen molar-refractivity contribution in [2.75, 3.05) is 0 Å². The molecule has 0 amide bonds. The number of aliphatic hydroxyl groups is 1. The van der Waals surface area contributed by atoms with Gasteiger partial charge in [-0.2, -0.15) is 0 Å². The zero-order valence-electron chi connectivity index (χ0n) is 20.2. The zero-order valence-corrected chi connectivity index (χ0v) is 20.2. The van der Waals surface area contributed by atoms with Crippen molar-refractivity contribution in [3.05, 3.63) is 0 Å². The van der Waals surface area contributed by atoms with E-state index in [9.17, 15) is 24.6 Å². The van der Waals surface area contributed by atoms with E-state index in [1.807, 2.05) is 0 Å². The average Bonchev–Trinajstić information content (AvgIpc) is 3.12. The van der Waals surface area contributed by atoms with Gasteiger partial charge in [0.2, 0.25) is 0 Å². The van der Waals surface area contributed by atoms with Gasteiger partial charge in [-0.05, 0) is 86.4 Å².